The SMILES string of the molecule is CCn1nc(C)c(Cl)c1CC(CBr)C1CCCC1. The summed E-state index contributed by atoms with van der Waals surface area (Å²) in [5, 5.41) is 6.46. The molecule has 0 aromatic carbocycles. The fourth-order valence-electron chi connectivity index (χ4n) is 3.09. The van der Waals surface area contributed by atoms with Gasteiger partial charge in [-0.15, -0.1) is 0 Å². The van der Waals surface area contributed by atoms with Crippen molar-refractivity contribution in [3.05, 3.63) is 16.4 Å². The van der Waals surface area contributed by atoms with Crippen LogP contribution >= 0.6 is 27.5 Å². The van der Waals surface area contributed by atoms with E-state index in [1.165, 1.54) is 31.4 Å². The van der Waals surface area contributed by atoms with Gasteiger partial charge >= 0.3 is 0 Å². The first-order chi connectivity index (χ1) is 8.67. The third-order valence-corrected chi connectivity index (χ3v) is 5.50. The number of nitrogens with zero attached hydrogens (tertiary/aromatic N) is 2. The number of hydrogen-bond donors (Lipinski definition) is 0. The largest absolute Gasteiger partial charge is 0.268 e. The summed E-state index contributed by atoms with van der Waals surface area (Å²) in [6.07, 6.45) is 6.62. The molecule has 2 rings (SSSR count). The first-order valence-corrected chi connectivity index (χ1v) is 8.45. The summed E-state index contributed by atoms with van der Waals surface area (Å²) >= 11 is 10.1. The van der Waals surface area contributed by atoms with Crippen molar-refractivity contribution in [2.45, 2.75) is 52.5 Å². The number of rotatable bonds is 5. The molecule has 1 atom stereocenters. The smallest absolute Gasteiger partial charge is 0.0847 e. The zero-order valence-electron chi connectivity index (χ0n) is 11.3. The molecule has 1 fully saturated rings. The molecule has 1 saturated carbocycles. The molecule has 1 heterocycles. The van der Waals surface area contributed by atoms with Crippen molar-refractivity contribution in [3.63, 3.8) is 0 Å². The second kappa shape index (κ2) is 6.42. The summed E-state index contributed by atoms with van der Waals surface area (Å²) in [5.74, 6) is 1.56. The molecule has 0 N–H and O–H groups in total. The van der Waals surface area contributed by atoms with Crippen LogP contribution < -0.4 is 0 Å². The highest BCUT2D eigenvalue weighted by Gasteiger charge is 2.26. The van der Waals surface area contributed by atoms with Crippen LogP contribution in [0, 0.1) is 18.8 Å². The first kappa shape index (κ1) is 14.4. The van der Waals surface area contributed by atoms with Crippen LogP contribution in [0.1, 0.15) is 44.0 Å². The lowest BCUT2D eigenvalue weighted by Crippen LogP contribution is -2.18. The molecule has 2 nitrogen and oxygen atoms in total. The average molecular weight is 334 g/mol. The Morgan fingerprint density at radius 1 is 1.44 bits per heavy atom. The zero-order valence-corrected chi connectivity index (χ0v) is 13.6. The van der Waals surface area contributed by atoms with Crippen LogP contribution in [0.2, 0.25) is 5.02 Å². The topological polar surface area (TPSA) is 17.8 Å². The van der Waals surface area contributed by atoms with Crippen molar-refractivity contribution in [3.8, 4) is 0 Å². The summed E-state index contributed by atoms with van der Waals surface area (Å²) in [5.41, 5.74) is 2.20. The lowest BCUT2D eigenvalue weighted by atomic mass is 9.88. The molecule has 0 aliphatic heterocycles. The fourth-order valence-corrected chi connectivity index (χ4v) is 4.06. The molecule has 0 spiro atoms. The van der Waals surface area contributed by atoms with Gasteiger partial charge in [-0.1, -0.05) is 53.2 Å². The van der Waals surface area contributed by atoms with Crippen molar-refractivity contribution in [1.82, 2.24) is 9.78 Å². The van der Waals surface area contributed by atoms with E-state index >= 15 is 0 Å². The molecule has 4 heteroatoms. The van der Waals surface area contributed by atoms with Gasteiger partial charge in [-0.25, -0.2) is 0 Å². The minimum absolute atomic E-state index is 0.700. The highest BCUT2D eigenvalue weighted by atomic mass is 79.9. The molecule has 1 aromatic heterocycles. The Labute approximate surface area is 123 Å². The predicted octanol–water partition coefficient (Wildman–Crippen LogP) is 4.61. The Morgan fingerprint density at radius 2 is 2.11 bits per heavy atom. The standard InChI is InChI=1S/C14H22BrClN2/c1-3-18-13(14(16)10(2)17-18)8-12(9-15)11-6-4-5-7-11/h11-12H,3-9H2,1-2H3. The van der Waals surface area contributed by atoms with Crippen molar-refractivity contribution in [1.29, 1.82) is 0 Å². The second-order valence-electron chi connectivity index (χ2n) is 5.32. The maximum atomic E-state index is 6.40. The highest BCUT2D eigenvalue weighted by Crippen LogP contribution is 2.35. The number of halogens is 2. The number of aromatic nitrogens is 2. The van der Waals surface area contributed by atoms with E-state index in [1.54, 1.807) is 0 Å². The van der Waals surface area contributed by atoms with Crippen LogP contribution in [0.15, 0.2) is 0 Å². The molecule has 1 aliphatic rings. The number of hydrogen-bond acceptors (Lipinski definition) is 1. The van der Waals surface area contributed by atoms with Crippen LogP contribution in [0.5, 0.6) is 0 Å². The van der Waals surface area contributed by atoms with E-state index in [-0.39, 0.29) is 0 Å². The Morgan fingerprint density at radius 3 is 2.67 bits per heavy atom. The van der Waals surface area contributed by atoms with E-state index in [0.29, 0.717) is 5.92 Å². The Kier molecular flexibility index (Phi) is 5.14. The molecule has 102 valence electrons. The van der Waals surface area contributed by atoms with Gasteiger partial charge in [0.15, 0.2) is 0 Å². The Bertz CT molecular complexity index is 397. The van der Waals surface area contributed by atoms with Crippen LogP contribution in [0.25, 0.3) is 0 Å². The average Bonchev–Trinajstić information content (AvgIpc) is 2.98. The number of alkyl halides is 1. The molecule has 0 amide bonds. The fraction of sp³-hybridized carbons (Fsp3) is 0.786. The minimum Gasteiger partial charge on any atom is -0.268 e. The van der Waals surface area contributed by atoms with Crippen molar-refractivity contribution < 1.29 is 0 Å². The van der Waals surface area contributed by atoms with Gasteiger partial charge in [0.2, 0.25) is 0 Å². The zero-order chi connectivity index (χ0) is 13.1. The van der Waals surface area contributed by atoms with Crippen LogP contribution in [-0.4, -0.2) is 15.1 Å². The molecular formula is C14H22BrClN2. The van der Waals surface area contributed by atoms with E-state index < -0.39 is 0 Å². The minimum atomic E-state index is 0.700. The summed E-state index contributed by atoms with van der Waals surface area (Å²) in [4.78, 5) is 0. The molecule has 1 unspecified atom stereocenters. The summed E-state index contributed by atoms with van der Waals surface area (Å²) in [7, 11) is 0. The molecule has 1 aliphatic carbocycles. The molecule has 1 aromatic rings. The van der Waals surface area contributed by atoms with Gasteiger partial charge in [-0.05, 0) is 32.1 Å². The van der Waals surface area contributed by atoms with Crippen molar-refractivity contribution in [2.24, 2.45) is 11.8 Å². The third-order valence-electron chi connectivity index (χ3n) is 4.17. The van der Waals surface area contributed by atoms with Gasteiger partial charge in [-0.3, -0.25) is 4.68 Å². The molecule has 0 saturated heterocycles. The maximum Gasteiger partial charge on any atom is 0.0847 e. The van der Waals surface area contributed by atoms with Crippen molar-refractivity contribution in [2.75, 3.05) is 5.33 Å². The monoisotopic (exact) mass is 332 g/mol. The summed E-state index contributed by atoms with van der Waals surface area (Å²) in [6, 6.07) is 0. The van der Waals surface area contributed by atoms with E-state index in [9.17, 15) is 0 Å². The lowest BCUT2D eigenvalue weighted by Gasteiger charge is -2.21. The van der Waals surface area contributed by atoms with E-state index in [2.05, 4.69) is 32.6 Å². The highest BCUT2D eigenvalue weighted by molar-refractivity contribution is 9.09. The van der Waals surface area contributed by atoms with E-state index in [1.807, 2.05) is 6.92 Å². The van der Waals surface area contributed by atoms with Crippen molar-refractivity contribution >= 4 is 27.5 Å². The second-order valence-corrected chi connectivity index (χ2v) is 6.35. The summed E-state index contributed by atoms with van der Waals surface area (Å²) < 4.78 is 2.07. The van der Waals surface area contributed by atoms with Gasteiger partial charge in [0.1, 0.15) is 0 Å². The quantitative estimate of drug-likeness (QED) is 0.720. The van der Waals surface area contributed by atoms with Gasteiger partial charge in [0.25, 0.3) is 0 Å². The van der Waals surface area contributed by atoms with E-state index in [4.69, 9.17) is 11.6 Å². The van der Waals surface area contributed by atoms with Gasteiger partial charge < -0.3 is 0 Å². The molecular weight excluding hydrogens is 312 g/mol. The summed E-state index contributed by atoms with van der Waals surface area (Å²) in [6.45, 7) is 5.03. The normalized spacial score (nSPS) is 18.4. The van der Waals surface area contributed by atoms with Crippen LogP contribution in [0.4, 0.5) is 0 Å². The Hall–Kier alpha value is -0.0200. The molecule has 0 radical (unpaired) electrons. The van der Waals surface area contributed by atoms with E-state index in [0.717, 1.165) is 34.9 Å². The van der Waals surface area contributed by atoms with Crippen LogP contribution in [0.3, 0.4) is 0 Å². The molecule has 18 heavy (non-hydrogen) atoms. The Balaban J connectivity index is 2.15. The first-order valence-electron chi connectivity index (χ1n) is 6.95. The predicted molar refractivity (Wildman–Crippen MR) is 80.6 cm³/mol. The van der Waals surface area contributed by atoms with Gasteiger partial charge in [0.05, 0.1) is 16.4 Å². The van der Waals surface area contributed by atoms with Gasteiger partial charge in [0, 0.05) is 11.9 Å². The number of aryl methyl sites for hydroxylation is 2. The third kappa shape index (κ3) is 2.93. The van der Waals surface area contributed by atoms with Crippen LogP contribution in [-0.2, 0) is 13.0 Å². The van der Waals surface area contributed by atoms with Gasteiger partial charge in [-0.2, -0.15) is 5.10 Å². The lowest BCUT2D eigenvalue weighted by molar-refractivity contribution is 0.364. The molecule has 0 bridgehead atoms. The maximum absolute atomic E-state index is 6.40.